The molecule has 2 aliphatic rings. The summed E-state index contributed by atoms with van der Waals surface area (Å²) < 4.78 is 5.37. The first-order valence-corrected chi connectivity index (χ1v) is 15.2. The number of esters is 1. The molecule has 224 valence electrons. The fraction of sp³-hybridized carbons (Fsp3) is 0.306. The maximum Gasteiger partial charge on any atom is 0.305 e. The fourth-order valence-corrected chi connectivity index (χ4v) is 7.28. The van der Waals surface area contributed by atoms with Crippen LogP contribution in [-0.4, -0.2) is 32.5 Å². The number of fused-ring (bicyclic) bond motifs is 6. The van der Waals surface area contributed by atoms with Crippen molar-refractivity contribution in [3.05, 3.63) is 93.8 Å². The molecule has 0 spiro atoms. The van der Waals surface area contributed by atoms with Gasteiger partial charge >= 0.3 is 5.97 Å². The van der Waals surface area contributed by atoms with Crippen molar-refractivity contribution >= 4 is 5.97 Å². The third-order valence-electron chi connectivity index (χ3n) is 9.14. The zero-order valence-corrected chi connectivity index (χ0v) is 25.5. The van der Waals surface area contributed by atoms with Gasteiger partial charge in [-0.15, -0.1) is 0 Å². The maximum absolute atomic E-state index is 13.0. The molecule has 2 aromatic carbocycles. The van der Waals surface area contributed by atoms with Gasteiger partial charge in [0.15, 0.2) is 22.8 Å². The highest BCUT2D eigenvalue weighted by molar-refractivity contribution is 5.81. The molecule has 0 saturated heterocycles. The number of hydrogen-bond donors (Lipinski definition) is 0. The van der Waals surface area contributed by atoms with Crippen LogP contribution in [0, 0.1) is 45.3 Å². The molecule has 2 aromatic heterocycles. The van der Waals surface area contributed by atoms with Crippen molar-refractivity contribution in [1.82, 2.24) is 19.9 Å². The fourth-order valence-electron chi connectivity index (χ4n) is 7.28. The average molecular weight is 605 g/mol. The summed E-state index contributed by atoms with van der Waals surface area (Å²) in [5, 5.41) is 39.7. The Labute approximate surface area is 266 Å². The smallest absolute Gasteiger partial charge is 0.305 e. The van der Waals surface area contributed by atoms with E-state index >= 15 is 0 Å². The predicted octanol–water partition coefficient (Wildman–Crippen LogP) is 5.91. The van der Waals surface area contributed by atoms with Crippen LogP contribution in [0.4, 0.5) is 0 Å². The summed E-state index contributed by atoms with van der Waals surface area (Å²) >= 11 is 0. The number of hydrogen-bond acceptors (Lipinski definition) is 10. The van der Waals surface area contributed by atoms with Gasteiger partial charge in [-0.05, 0) is 37.3 Å². The third-order valence-corrected chi connectivity index (χ3v) is 9.14. The Kier molecular flexibility index (Phi) is 7.74. The highest BCUT2D eigenvalue weighted by Crippen LogP contribution is 2.61. The van der Waals surface area contributed by atoms with E-state index in [0.29, 0.717) is 35.6 Å². The molecule has 0 radical (unpaired) electrons. The number of benzene rings is 2. The Morgan fingerprint density at radius 3 is 1.61 bits per heavy atom. The van der Waals surface area contributed by atoms with Crippen LogP contribution in [0.2, 0.25) is 0 Å². The van der Waals surface area contributed by atoms with Crippen molar-refractivity contribution < 1.29 is 9.53 Å². The van der Waals surface area contributed by atoms with Gasteiger partial charge in [0.2, 0.25) is 0 Å². The molecule has 0 fully saturated rings. The zero-order valence-electron chi connectivity index (χ0n) is 25.5. The van der Waals surface area contributed by atoms with Gasteiger partial charge in [-0.25, -0.2) is 19.9 Å². The minimum atomic E-state index is -0.976. The van der Waals surface area contributed by atoms with Crippen LogP contribution in [0.5, 0.6) is 0 Å². The van der Waals surface area contributed by atoms with E-state index in [-0.39, 0.29) is 48.2 Å². The van der Waals surface area contributed by atoms with Crippen molar-refractivity contribution in [2.24, 2.45) is 0 Å². The standard InChI is InChI=1S/C36H28N8O2/c1-3-5-15-35(24-12-8-6-10-22(24)31-33(35)43-28(19-39)26(17-37)41-31)21-36(16-14-30(45)46-4-2)25-13-9-7-11-23(25)32-34(36)44-29(20-40)27(18-38)42-32/h6-13H,3-5,14-16,21H2,1-2H3. The van der Waals surface area contributed by atoms with Gasteiger partial charge in [-0.3, -0.25) is 4.79 Å². The first kappa shape index (κ1) is 30.1. The Morgan fingerprint density at radius 2 is 1.15 bits per heavy atom. The second kappa shape index (κ2) is 11.8. The molecule has 2 aliphatic carbocycles. The molecule has 0 aliphatic heterocycles. The first-order chi connectivity index (χ1) is 22.4. The van der Waals surface area contributed by atoms with Crippen LogP contribution in [0.1, 0.15) is 97.7 Å². The summed E-state index contributed by atoms with van der Waals surface area (Å²) in [5.74, 6) is -0.366. The van der Waals surface area contributed by atoms with E-state index in [0.717, 1.165) is 35.1 Å². The summed E-state index contributed by atoms with van der Waals surface area (Å²) in [5.41, 5.74) is 3.56. The largest absolute Gasteiger partial charge is 0.466 e. The van der Waals surface area contributed by atoms with E-state index in [1.54, 1.807) is 6.92 Å². The molecule has 4 aromatic rings. The minimum Gasteiger partial charge on any atom is -0.466 e. The normalized spacial score (nSPS) is 18.1. The molecule has 0 N–H and O–H groups in total. The molecule has 10 nitrogen and oxygen atoms in total. The lowest BCUT2D eigenvalue weighted by atomic mass is 9.61. The van der Waals surface area contributed by atoms with E-state index in [2.05, 4.69) is 18.0 Å². The Balaban J connectivity index is 1.70. The van der Waals surface area contributed by atoms with Crippen LogP contribution >= 0.6 is 0 Å². The molecule has 2 unspecified atom stereocenters. The van der Waals surface area contributed by atoms with Gasteiger partial charge in [0.05, 0.1) is 29.4 Å². The molecule has 2 atom stereocenters. The van der Waals surface area contributed by atoms with Crippen molar-refractivity contribution in [2.75, 3.05) is 6.61 Å². The van der Waals surface area contributed by atoms with E-state index in [1.807, 2.05) is 66.7 Å². The lowest BCUT2D eigenvalue weighted by Gasteiger charge is -2.41. The maximum atomic E-state index is 13.0. The molecule has 6 rings (SSSR count). The van der Waals surface area contributed by atoms with Gasteiger partial charge < -0.3 is 4.74 Å². The number of carbonyl (C=O) groups excluding carboxylic acids is 1. The number of aromatic nitrogens is 4. The van der Waals surface area contributed by atoms with Crippen molar-refractivity contribution in [2.45, 2.75) is 63.2 Å². The molecular formula is C36H28N8O2. The molecule has 46 heavy (non-hydrogen) atoms. The summed E-state index contributed by atoms with van der Waals surface area (Å²) in [7, 11) is 0. The van der Waals surface area contributed by atoms with Crippen molar-refractivity contribution in [1.29, 1.82) is 21.0 Å². The Hall–Kier alpha value is -5.97. The molecular weight excluding hydrogens is 576 g/mol. The van der Waals surface area contributed by atoms with Crippen molar-refractivity contribution in [3.8, 4) is 46.8 Å². The summed E-state index contributed by atoms with van der Waals surface area (Å²) in [6.45, 7) is 4.10. The van der Waals surface area contributed by atoms with Gasteiger partial charge in [-0.2, -0.15) is 21.0 Å². The van der Waals surface area contributed by atoms with Crippen LogP contribution in [0.25, 0.3) is 22.5 Å². The molecule has 10 heteroatoms. The van der Waals surface area contributed by atoms with Crippen LogP contribution < -0.4 is 0 Å². The topological polar surface area (TPSA) is 173 Å². The van der Waals surface area contributed by atoms with Gasteiger partial charge in [0.25, 0.3) is 0 Å². The average Bonchev–Trinajstić information content (AvgIpc) is 3.51. The van der Waals surface area contributed by atoms with E-state index < -0.39 is 10.8 Å². The quantitative estimate of drug-likeness (QED) is 0.209. The number of nitriles is 4. The number of unbranched alkanes of at least 4 members (excludes halogenated alkanes) is 1. The Bertz CT molecular complexity index is 2080. The zero-order chi connectivity index (χ0) is 32.5. The molecule has 0 bridgehead atoms. The lowest BCUT2D eigenvalue weighted by Crippen LogP contribution is -2.39. The van der Waals surface area contributed by atoms with Crippen LogP contribution in [-0.2, 0) is 20.4 Å². The third kappa shape index (κ3) is 4.47. The van der Waals surface area contributed by atoms with Gasteiger partial charge in [0, 0.05) is 28.4 Å². The summed E-state index contributed by atoms with van der Waals surface area (Å²) in [6, 6.07) is 23.7. The number of nitrogens with zero attached hydrogens (tertiary/aromatic N) is 8. The first-order valence-electron chi connectivity index (χ1n) is 15.2. The van der Waals surface area contributed by atoms with Crippen LogP contribution in [0.3, 0.4) is 0 Å². The monoisotopic (exact) mass is 604 g/mol. The second-order valence-electron chi connectivity index (χ2n) is 11.5. The molecule has 2 heterocycles. The van der Waals surface area contributed by atoms with Crippen molar-refractivity contribution in [3.63, 3.8) is 0 Å². The number of rotatable bonds is 9. The molecule has 0 saturated carbocycles. The summed E-state index contributed by atoms with van der Waals surface area (Å²) in [4.78, 5) is 32.0. The second-order valence-corrected chi connectivity index (χ2v) is 11.5. The highest BCUT2D eigenvalue weighted by Gasteiger charge is 2.55. The molecule has 0 amide bonds. The summed E-state index contributed by atoms with van der Waals surface area (Å²) in [6.07, 6.45) is 3.01. The van der Waals surface area contributed by atoms with Crippen LogP contribution in [0.15, 0.2) is 48.5 Å². The Morgan fingerprint density at radius 1 is 0.696 bits per heavy atom. The van der Waals surface area contributed by atoms with Gasteiger partial charge in [-0.1, -0.05) is 68.3 Å². The number of carbonyl (C=O) groups is 1. The highest BCUT2D eigenvalue weighted by atomic mass is 16.5. The van der Waals surface area contributed by atoms with E-state index in [4.69, 9.17) is 19.7 Å². The number of ether oxygens (including phenoxy) is 1. The van der Waals surface area contributed by atoms with Gasteiger partial charge in [0.1, 0.15) is 24.3 Å². The van der Waals surface area contributed by atoms with E-state index in [9.17, 15) is 25.8 Å². The van der Waals surface area contributed by atoms with E-state index in [1.165, 1.54) is 0 Å². The minimum absolute atomic E-state index is 0.0375. The predicted molar refractivity (Wildman–Crippen MR) is 165 cm³/mol. The SMILES string of the molecule is CCCCC1(CC2(CCC(=O)OCC)c3ccccc3-c3nc(C#N)c(C#N)nc32)c2ccccc2-c2nc(C#N)c(C#N)nc21. The lowest BCUT2D eigenvalue weighted by molar-refractivity contribution is -0.143.